The van der Waals surface area contributed by atoms with Crippen LogP contribution in [0.25, 0.3) is 0 Å². The van der Waals surface area contributed by atoms with Gasteiger partial charge < -0.3 is 14.5 Å². The second-order valence-electron chi connectivity index (χ2n) is 8.88. The zero-order chi connectivity index (χ0) is 18.1. The molecule has 0 unspecified atom stereocenters. The summed E-state index contributed by atoms with van der Waals surface area (Å²) in [6, 6.07) is 5.93. The quantitative estimate of drug-likeness (QED) is 0.812. The standard InChI is InChI=1S/C21H31N3O2/c1-16-9-17(10-16)20(25)24-8-6-21(15-24)14-23(2)11-18(21)12-26-13-19-5-3-4-7-22-19/h3-5,7,16-18H,6,8-15H2,1-2H3/t16?,17?,18-,21+/m0/s1. The van der Waals surface area contributed by atoms with Crippen LogP contribution in [0.15, 0.2) is 24.4 Å². The number of aromatic nitrogens is 1. The van der Waals surface area contributed by atoms with Gasteiger partial charge in [0, 0.05) is 49.6 Å². The fourth-order valence-electron chi connectivity index (χ4n) is 5.23. The molecule has 0 aromatic carbocycles. The molecule has 5 nitrogen and oxygen atoms in total. The van der Waals surface area contributed by atoms with Gasteiger partial charge in [0.05, 0.1) is 18.9 Å². The minimum absolute atomic E-state index is 0.212. The average molecular weight is 357 g/mol. The van der Waals surface area contributed by atoms with Crippen molar-refractivity contribution in [2.45, 2.75) is 32.8 Å². The lowest BCUT2D eigenvalue weighted by molar-refractivity contribution is -0.139. The van der Waals surface area contributed by atoms with Gasteiger partial charge >= 0.3 is 0 Å². The molecule has 1 aliphatic carbocycles. The van der Waals surface area contributed by atoms with E-state index in [9.17, 15) is 4.79 Å². The molecule has 1 saturated carbocycles. The van der Waals surface area contributed by atoms with Crippen LogP contribution in [-0.4, -0.2) is 60.5 Å². The first kappa shape index (κ1) is 17.9. The summed E-state index contributed by atoms with van der Waals surface area (Å²) in [7, 11) is 2.19. The molecule has 1 spiro atoms. The van der Waals surface area contributed by atoms with Crippen LogP contribution >= 0.6 is 0 Å². The lowest BCUT2D eigenvalue weighted by atomic mass is 9.75. The lowest BCUT2D eigenvalue weighted by Gasteiger charge is -2.36. The zero-order valence-electron chi connectivity index (χ0n) is 16.1. The van der Waals surface area contributed by atoms with E-state index in [0.717, 1.165) is 63.7 Å². The van der Waals surface area contributed by atoms with E-state index in [1.165, 1.54) is 0 Å². The van der Waals surface area contributed by atoms with Crippen molar-refractivity contribution in [3.63, 3.8) is 0 Å². The minimum atomic E-state index is 0.212. The summed E-state index contributed by atoms with van der Waals surface area (Å²) in [5, 5.41) is 0. The summed E-state index contributed by atoms with van der Waals surface area (Å²) in [6.45, 7) is 7.55. The number of likely N-dealkylation sites (tertiary alicyclic amines) is 2. The molecule has 2 atom stereocenters. The molecule has 142 valence electrons. The fraction of sp³-hybridized carbons (Fsp3) is 0.714. The largest absolute Gasteiger partial charge is 0.375 e. The number of amides is 1. The summed E-state index contributed by atoms with van der Waals surface area (Å²) in [4.78, 5) is 21.7. The Labute approximate surface area is 156 Å². The third-order valence-electron chi connectivity index (χ3n) is 6.70. The van der Waals surface area contributed by atoms with Crippen LogP contribution in [0.3, 0.4) is 0 Å². The third kappa shape index (κ3) is 3.52. The summed E-state index contributed by atoms with van der Waals surface area (Å²) >= 11 is 0. The molecular formula is C21H31N3O2. The van der Waals surface area contributed by atoms with E-state index in [-0.39, 0.29) is 11.3 Å². The number of carbonyl (C=O) groups is 1. The lowest BCUT2D eigenvalue weighted by Crippen LogP contribution is -2.43. The summed E-state index contributed by atoms with van der Waals surface area (Å²) in [5.41, 5.74) is 1.19. The highest BCUT2D eigenvalue weighted by molar-refractivity contribution is 5.80. The molecule has 0 N–H and O–H groups in total. The normalized spacial score (nSPS) is 34.4. The van der Waals surface area contributed by atoms with Crippen LogP contribution in [0.4, 0.5) is 0 Å². The average Bonchev–Trinajstić information content (AvgIpc) is 3.16. The Balaban J connectivity index is 1.34. The van der Waals surface area contributed by atoms with Gasteiger partial charge in [0.2, 0.25) is 5.91 Å². The Hall–Kier alpha value is -1.46. The van der Waals surface area contributed by atoms with Crippen LogP contribution in [0.2, 0.25) is 0 Å². The maximum absolute atomic E-state index is 12.8. The van der Waals surface area contributed by atoms with Crippen molar-refractivity contribution in [2.24, 2.45) is 23.2 Å². The number of hydrogen-bond donors (Lipinski definition) is 0. The van der Waals surface area contributed by atoms with Gasteiger partial charge in [-0.1, -0.05) is 13.0 Å². The highest BCUT2D eigenvalue weighted by Crippen LogP contribution is 2.45. The number of pyridine rings is 1. The predicted molar refractivity (Wildman–Crippen MR) is 100 cm³/mol. The van der Waals surface area contributed by atoms with Crippen molar-refractivity contribution in [1.82, 2.24) is 14.8 Å². The monoisotopic (exact) mass is 357 g/mol. The number of ether oxygens (including phenoxy) is 1. The Kier molecular flexibility index (Phi) is 5.02. The molecule has 2 aliphatic heterocycles. The number of nitrogens with zero attached hydrogens (tertiary/aromatic N) is 3. The van der Waals surface area contributed by atoms with Crippen molar-refractivity contribution in [3.05, 3.63) is 30.1 Å². The first-order valence-electron chi connectivity index (χ1n) is 10.0. The summed E-state index contributed by atoms with van der Waals surface area (Å²) in [5.74, 6) is 1.92. The van der Waals surface area contributed by atoms with Gasteiger partial charge in [-0.2, -0.15) is 0 Å². The maximum Gasteiger partial charge on any atom is 0.225 e. The van der Waals surface area contributed by atoms with Gasteiger partial charge in [-0.15, -0.1) is 0 Å². The van der Waals surface area contributed by atoms with E-state index in [0.29, 0.717) is 18.4 Å². The Bertz CT molecular complexity index is 631. The van der Waals surface area contributed by atoms with Crippen LogP contribution < -0.4 is 0 Å². The van der Waals surface area contributed by atoms with Crippen LogP contribution in [0.5, 0.6) is 0 Å². The minimum Gasteiger partial charge on any atom is -0.375 e. The molecule has 3 aliphatic rings. The Morgan fingerprint density at radius 3 is 2.92 bits per heavy atom. The summed E-state index contributed by atoms with van der Waals surface area (Å²) in [6.07, 6.45) is 5.09. The van der Waals surface area contributed by atoms with Crippen molar-refractivity contribution < 1.29 is 9.53 Å². The molecule has 4 rings (SSSR count). The molecule has 26 heavy (non-hydrogen) atoms. The highest BCUT2D eigenvalue weighted by atomic mass is 16.5. The molecule has 0 bridgehead atoms. The van der Waals surface area contributed by atoms with Gasteiger partial charge in [0.25, 0.3) is 0 Å². The highest BCUT2D eigenvalue weighted by Gasteiger charge is 2.51. The Morgan fingerprint density at radius 1 is 1.35 bits per heavy atom. The van der Waals surface area contributed by atoms with Crippen molar-refractivity contribution in [1.29, 1.82) is 0 Å². The van der Waals surface area contributed by atoms with E-state index in [2.05, 4.69) is 28.8 Å². The van der Waals surface area contributed by atoms with Crippen LogP contribution in [0.1, 0.15) is 31.9 Å². The second kappa shape index (κ2) is 7.28. The fourth-order valence-corrected chi connectivity index (χ4v) is 5.23. The van der Waals surface area contributed by atoms with E-state index in [4.69, 9.17) is 4.74 Å². The number of hydrogen-bond acceptors (Lipinski definition) is 4. The smallest absolute Gasteiger partial charge is 0.225 e. The molecule has 5 heteroatoms. The first-order valence-corrected chi connectivity index (χ1v) is 10.0. The van der Waals surface area contributed by atoms with E-state index < -0.39 is 0 Å². The SMILES string of the molecule is CC1CC(C(=O)N2CC[C@@]3(CN(C)C[C@H]3COCc3ccccn3)C2)C1. The molecular weight excluding hydrogens is 326 g/mol. The van der Waals surface area contributed by atoms with Crippen LogP contribution in [0, 0.1) is 23.2 Å². The first-order chi connectivity index (χ1) is 12.6. The Morgan fingerprint density at radius 2 is 2.19 bits per heavy atom. The molecule has 2 saturated heterocycles. The number of rotatable bonds is 5. The molecule has 1 aromatic rings. The van der Waals surface area contributed by atoms with Gasteiger partial charge in [-0.3, -0.25) is 9.78 Å². The topological polar surface area (TPSA) is 45.7 Å². The van der Waals surface area contributed by atoms with Gasteiger partial charge in [-0.05, 0) is 44.4 Å². The van der Waals surface area contributed by atoms with E-state index >= 15 is 0 Å². The molecule has 3 fully saturated rings. The van der Waals surface area contributed by atoms with Crippen LogP contribution in [-0.2, 0) is 16.1 Å². The van der Waals surface area contributed by atoms with Crippen molar-refractivity contribution in [3.8, 4) is 0 Å². The molecule has 3 heterocycles. The third-order valence-corrected chi connectivity index (χ3v) is 6.70. The molecule has 0 radical (unpaired) electrons. The summed E-state index contributed by atoms with van der Waals surface area (Å²) < 4.78 is 6.04. The maximum atomic E-state index is 12.8. The second-order valence-corrected chi connectivity index (χ2v) is 8.88. The van der Waals surface area contributed by atoms with Crippen molar-refractivity contribution in [2.75, 3.05) is 39.8 Å². The van der Waals surface area contributed by atoms with E-state index in [1.807, 2.05) is 24.4 Å². The van der Waals surface area contributed by atoms with Crippen molar-refractivity contribution >= 4 is 5.91 Å². The van der Waals surface area contributed by atoms with E-state index in [1.54, 1.807) is 0 Å². The molecule has 1 amide bonds. The van der Waals surface area contributed by atoms with Gasteiger partial charge in [-0.25, -0.2) is 0 Å². The predicted octanol–water partition coefficient (Wildman–Crippen LogP) is 2.42. The number of carbonyl (C=O) groups excluding carboxylic acids is 1. The zero-order valence-corrected chi connectivity index (χ0v) is 16.1. The van der Waals surface area contributed by atoms with Gasteiger partial charge in [0.1, 0.15) is 0 Å². The van der Waals surface area contributed by atoms with Gasteiger partial charge in [0.15, 0.2) is 0 Å². The molecule has 1 aromatic heterocycles.